The van der Waals surface area contributed by atoms with E-state index < -0.39 is 11.6 Å². The van der Waals surface area contributed by atoms with E-state index in [0.717, 1.165) is 59.3 Å². The van der Waals surface area contributed by atoms with Gasteiger partial charge in [-0.3, -0.25) is 0 Å². The molecule has 3 aliphatic rings. The van der Waals surface area contributed by atoms with E-state index >= 15 is 0 Å². The SMILES string of the molecule is CC(C)(C)OC(=O)N1CCCC(Oc2ccc3c(c2)OCCn2c-3c(C3CCCCC3)c3ccc(C(=O)O)cc32)C1. The number of carboxylic acid groups (broad SMARTS) is 1. The van der Waals surface area contributed by atoms with E-state index in [0.29, 0.717) is 37.7 Å². The number of ether oxygens (including phenoxy) is 3. The van der Waals surface area contributed by atoms with E-state index in [1.165, 1.54) is 24.8 Å². The Bertz CT molecular complexity index is 1460. The van der Waals surface area contributed by atoms with Gasteiger partial charge < -0.3 is 28.8 Å². The predicted octanol–water partition coefficient (Wildman–Crippen LogP) is 7.22. The van der Waals surface area contributed by atoms with Crippen LogP contribution in [0.5, 0.6) is 11.5 Å². The van der Waals surface area contributed by atoms with Crippen molar-refractivity contribution >= 4 is 23.0 Å². The molecule has 1 N–H and O–H groups in total. The highest BCUT2D eigenvalue weighted by atomic mass is 16.6. The lowest BCUT2D eigenvalue weighted by Crippen LogP contribution is -2.46. The Hall–Kier alpha value is -3.68. The molecule has 41 heavy (non-hydrogen) atoms. The molecule has 2 aliphatic heterocycles. The molecule has 218 valence electrons. The van der Waals surface area contributed by atoms with E-state index in [9.17, 15) is 14.7 Å². The van der Waals surface area contributed by atoms with Crippen LogP contribution in [0.15, 0.2) is 36.4 Å². The fraction of sp³-hybridized carbons (Fsp3) is 0.515. The molecule has 1 unspecified atom stereocenters. The number of aromatic carboxylic acids is 1. The van der Waals surface area contributed by atoms with Crippen molar-refractivity contribution in [2.75, 3.05) is 19.7 Å². The standard InChI is InChI=1S/C33H40N2O6/c1-33(2,3)41-32(38)34-15-7-10-24(20-34)40-23-12-14-26-28(19-23)39-17-16-35-27-18-22(31(36)37)11-13-25(27)29(30(26)35)21-8-5-4-6-9-21/h11-14,18-19,21,24H,4-10,15-17,20H2,1-3H3,(H,36,37). The molecule has 1 saturated carbocycles. The number of carbonyl (C=O) groups is 2. The molecule has 1 aromatic heterocycles. The Balaban J connectivity index is 1.33. The van der Waals surface area contributed by atoms with Gasteiger partial charge in [0.2, 0.25) is 0 Å². The second-order valence-electron chi connectivity index (χ2n) is 12.6. The molecule has 0 spiro atoms. The van der Waals surface area contributed by atoms with E-state index in [2.05, 4.69) is 10.6 Å². The fourth-order valence-electron chi connectivity index (χ4n) is 6.69. The van der Waals surface area contributed by atoms with E-state index in [1.807, 2.05) is 45.0 Å². The zero-order chi connectivity index (χ0) is 28.7. The third-order valence-electron chi connectivity index (χ3n) is 8.48. The monoisotopic (exact) mass is 560 g/mol. The van der Waals surface area contributed by atoms with E-state index in [4.69, 9.17) is 14.2 Å². The third kappa shape index (κ3) is 5.61. The van der Waals surface area contributed by atoms with Crippen LogP contribution in [-0.4, -0.2) is 58.0 Å². The van der Waals surface area contributed by atoms with Gasteiger partial charge in [0.05, 0.1) is 24.3 Å². The molecule has 3 aromatic rings. The molecule has 0 bridgehead atoms. The van der Waals surface area contributed by atoms with Crippen LogP contribution in [0.4, 0.5) is 4.79 Å². The largest absolute Gasteiger partial charge is 0.491 e. The summed E-state index contributed by atoms with van der Waals surface area (Å²) in [5, 5.41) is 10.8. The highest BCUT2D eigenvalue weighted by Crippen LogP contribution is 2.48. The third-order valence-corrected chi connectivity index (χ3v) is 8.48. The number of likely N-dealkylation sites (tertiary alicyclic amines) is 1. The number of amides is 1. The van der Waals surface area contributed by atoms with Gasteiger partial charge in [0.15, 0.2) is 0 Å². The molecule has 1 aliphatic carbocycles. The minimum atomic E-state index is -0.915. The maximum absolute atomic E-state index is 12.6. The lowest BCUT2D eigenvalue weighted by Gasteiger charge is -2.34. The van der Waals surface area contributed by atoms with Crippen molar-refractivity contribution in [2.45, 2.75) is 89.9 Å². The lowest BCUT2D eigenvalue weighted by atomic mass is 9.81. The van der Waals surface area contributed by atoms with Gasteiger partial charge in [0, 0.05) is 29.1 Å². The van der Waals surface area contributed by atoms with Crippen LogP contribution in [0.2, 0.25) is 0 Å². The second-order valence-corrected chi connectivity index (χ2v) is 12.6. The van der Waals surface area contributed by atoms with Gasteiger partial charge >= 0.3 is 12.1 Å². The first kappa shape index (κ1) is 27.5. The predicted molar refractivity (Wildman–Crippen MR) is 157 cm³/mol. The summed E-state index contributed by atoms with van der Waals surface area (Å²) in [7, 11) is 0. The average molecular weight is 561 g/mol. The molecular formula is C33H40N2O6. The molecule has 2 aromatic carbocycles. The van der Waals surface area contributed by atoms with Crippen LogP contribution < -0.4 is 9.47 Å². The van der Waals surface area contributed by atoms with Crippen molar-refractivity contribution in [3.63, 3.8) is 0 Å². The van der Waals surface area contributed by atoms with Crippen LogP contribution >= 0.6 is 0 Å². The van der Waals surface area contributed by atoms with E-state index in [-0.39, 0.29) is 12.2 Å². The maximum atomic E-state index is 12.6. The molecule has 1 atom stereocenters. The highest BCUT2D eigenvalue weighted by molar-refractivity contribution is 5.98. The van der Waals surface area contributed by atoms with Gasteiger partial charge in [-0.25, -0.2) is 9.59 Å². The summed E-state index contributed by atoms with van der Waals surface area (Å²) in [5.74, 6) is 1.01. The van der Waals surface area contributed by atoms with E-state index in [1.54, 1.807) is 11.0 Å². The minimum Gasteiger partial charge on any atom is -0.491 e. The molecule has 1 amide bonds. The average Bonchev–Trinajstić information content (AvgIpc) is 3.14. The number of carboxylic acids is 1. The molecule has 2 fully saturated rings. The smallest absolute Gasteiger partial charge is 0.410 e. The summed E-state index contributed by atoms with van der Waals surface area (Å²) < 4.78 is 20.5. The number of aromatic nitrogens is 1. The van der Waals surface area contributed by atoms with Crippen molar-refractivity contribution in [2.24, 2.45) is 0 Å². The lowest BCUT2D eigenvalue weighted by molar-refractivity contribution is 0.00772. The summed E-state index contributed by atoms with van der Waals surface area (Å²) >= 11 is 0. The number of nitrogens with zero attached hydrogens (tertiary/aromatic N) is 2. The molecule has 0 radical (unpaired) electrons. The Morgan fingerprint density at radius 3 is 2.54 bits per heavy atom. The summed E-state index contributed by atoms with van der Waals surface area (Å²) in [4.78, 5) is 26.2. The minimum absolute atomic E-state index is 0.126. The Morgan fingerprint density at radius 1 is 0.976 bits per heavy atom. The molecule has 3 heterocycles. The maximum Gasteiger partial charge on any atom is 0.410 e. The summed E-state index contributed by atoms with van der Waals surface area (Å²) in [5.41, 5.74) is 4.20. The van der Waals surface area contributed by atoms with Gasteiger partial charge in [0.1, 0.15) is 29.8 Å². The van der Waals surface area contributed by atoms with Crippen molar-refractivity contribution in [3.05, 3.63) is 47.5 Å². The van der Waals surface area contributed by atoms with Crippen molar-refractivity contribution in [3.8, 4) is 22.8 Å². The number of hydrogen-bond acceptors (Lipinski definition) is 5. The van der Waals surface area contributed by atoms with Gasteiger partial charge in [-0.2, -0.15) is 0 Å². The Morgan fingerprint density at radius 2 is 1.78 bits per heavy atom. The normalized spacial score (nSPS) is 19.6. The first-order valence-electron chi connectivity index (χ1n) is 15.0. The number of hydrogen-bond donors (Lipinski definition) is 1. The Kier molecular flexibility index (Phi) is 7.34. The van der Waals surface area contributed by atoms with Gasteiger partial charge in [-0.1, -0.05) is 25.3 Å². The zero-order valence-electron chi connectivity index (χ0n) is 24.3. The second kappa shape index (κ2) is 11.0. The molecule has 6 rings (SSSR count). The van der Waals surface area contributed by atoms with Gasteiger partial charge in [-0.15, -0.1) is 0 Å². The first-order chi connectivity index (χ1) is 19.7. The molecule has 1 saturated heterocycles. The highest BCUT2D eigenvalue weighted by Gasteiger charge is 2.31. The molecular weight excluding hydrogens is 520 g/mol. The number of piperidine rings is 1. The summed E-state index contributed by atoms with van der Waals surface area (Å²) in [6.07, 6.45) is 7.26. The van der Waals surface area contributed by atoms with Gasteiger partial charge in [0.25, 0.3) is 0 Å². The van der Waals surface area contributed by atoms with Crippen LogP contribution in [0.25, 0.3) is 22.2 Å². The van der Waals surface area contributed by atoms with Crippen LogP contribution in [0.1, 0.15) is 87.6 Å². The zero-order valence-corrected chi connectivity index (χ0v) is 24.3. The number of carbonyl (C=O) groups excluding carboxylic acids is 1. The number of fused-ring (bicyclic) bond motifs is 5. The topological polar surface area (TPSA) is 90.2 Å². The van der Waals surface area contributed by atoms with Crippen LogP contribution in [0.3, 0.4) is 0 Å². The number of benzene rings is 2. The van der Waals surface area contributed by atoms with Crippen molar-refractivity contribution < 1.29 is 28.9 Å². The van der Waals surface area contributed by atoms with Crippen molar-refractivity contribution in [1.82, 2.24) is 9.47 Å². The summed E-state index contributed by atoms with van der Waals surface area (Å²) in [6, 6.07) is 11.6. The summed E-state index contributed by atoms with van der Waals surface area (Å²) in [6.45, 7) is 7.90. The van der Waals surface area contributed by atoms with Crippen LogP contribution in [-0.2, 0) is 11.3 Å². The van der Waals surface area contributed by atoms with Crippen molar-refractivity contribution in [1.29, 1.82) is 0 Å². The van der Waals surface area contributed by atoms with Crippen LogP contribution in [0, 0.1) is 0 Å². The number of rotatable bonds is 4. The first-order valence-corrected chi connectivity index (χ1v) is 15.0. The quantitative estimate of drug-likeness (QED) is 0.362. The van der Waals surface area contributed by atoms with Gasteiger partial charge in [-0.05, 0) is 82.2 Å². The molecule has 8 heteroatoms. The Labute approximate surface area is 241 Å². The molecule has 8 nitrogen and oxygen atoms in total. The fourth-order valence-corrected chi connectivity index (χ4v) is 6.69.